The second-order valence-corrected chi connectivity index (χ2v) is 21.1. The highest BCUT2D eigenvalue weighted by Crippen LogP contribution is 2.19. The van der Waals surface area contributed by atoms with E-state index in [0.29, 0.717) is 19.3 Å². The lowest BCUT2D eigenvalue weighted by Crippen LogP contribution is -2.30. The van der Waals surface area contributed by atoms with Crippen LogP contribution in [0.3, 0.4) is 0 Å². The minimum Gasteiger partial charge on any atom is -0.462 e. The smallest absolute Gasteiger partial charge is 0.306 e. The Morgan fingerprint density at radius 3 is 0.812 bits per heavy atom. The molecule has 0 aromatic carbocycles. The average molecular weight is 906 g/mol. The molecule has 0 saturated heterocycles. The van der Waals surface area contributed by atoms with Crippen molar-refractivity contribution in [3.05, 3.63) is 0 Å². The molecule has 0 aliphatic heterocycles. The summed E-state index contributed by atoms with van der Waals surface area (Å²) < 4.78 is 16.9. The fourth-order valence-corrected chi connectivity index (χ4v) is 8.79. The van der Waals surface area contributed by atoms with Crippen LogP contribution in [0.5, 0.6) is 0 Å². The molecule has 0 heterocycles. The van der Waals surface area contributed by atoms with E-state index in [9.17, 15) is 14.4 Å². The van der Waals surface area contributed by atoms with Crippen LogP contribution in [0, 0.1) is 17.8 Å². The van der Waals surface area contributed by atoms with Gasteiger partial charge in [0.2, 0.25) is 0 Å². The van der Waals surface area contributed by atoms with Gasteiger partial charge >= 0.3 is 17.9 Å². The molecule has 1 unspecified atom stereocenters. The van der Waals surface area contributed by atoms with E-state index in [1.54, 1.807) is 0 Å². The molecule has 0 aliphatic carbocycles. The van der Waals surface area contributed by atoms with Gasteiger partial charge in [0.05, 0.1) is 0 Å². The van der Waals surface area contributed by atoms with Gasteiger partial charge in [0, 0.05) is 19.3 Å². The van der Waals surface area contributed by atoms with Crippen LogP contribution in [-0.4, -0.2) is 37.2 Å². The summed E-state index contributed by atoms with van der Waals surface area (Å²) in [6.45, 7) is 13.8. The maximum Gasteiger partial charge on any atom is 0.306 e. The largest absolute Gasteiger partial charge is 0.462 e. The van der Waals surface area contributed by atoms with Gasteiger partial charge in [0.15, 0.2) is 6.10 Å². The molecule has 0 rings (SSSR count). The number of carbonyl (C=O) groups excluding carboxylic acids is 3. The number of ether oxygens (including phenoxy) is 3. The van der Waals surface area contributed by atoms with Gasteiger partial charge in [-0.2, -0.15) is 0 Å². The van der Waals surface area contributed by atoms with Gasteiger partial charge in [-0.15, -0.1) is 0 Å². The van der Waals surface area contributed by atoms with Crippen molar-refractivity contribution in [1.82, 2.24) is 0 Å². The summed E-state index contributed by atoms with van der Waals surface area (Å²) in [4.78, 5) is 38.1. The van der Waals surface area contributed by atoms with Crippen molar-refractivity contribution in [1.29, 1.82) is 0 Å². The number of carbonyl (C=O) groups is 3. The van der Waals surface area contributed by atoms with Gasteiger partial charge in [-0.05, 0) is 37.0 Å². The van der Waals surface area contributed by atoms with E-state index in [1.807, 2.05) is 0 Å². The van der Waals surface area contributed by atoms with Crippen LogP contribution in [0.1, 0.15) is 318 Å². The molecular weight excluding hydrogens is 793 g/mol. The Labute approximate surface area is 399 Å². The number of esters is 3. The van der Waals surface area contributed by atoms with Crippen molar-refractivity contribution in [2.24, 2.45) is 17.8 Å². The summed E-state index contributed by atoms with van der Waals surface area (Å²) in [5.41, 5.74) is 0. The van der Waals surface area contributed by atoms with E-state index in [2.05, 4.69) is 41.5 Å². The summed E-state index contributed by atoms with van der Waals surface area (Å²) >= 11 is 0. The normalized spacial score (nSPS) is 12.6. The SMILES string of the molecule is CCC(C)CCCCCCCCCCC(=O)OC[C@@H](COC(=O)CCCCCCCCCCCCCCCC(C)C)OC(=O)CCCCCCCCCCCCCCCCCC(C)C. The zero-order valence-corrected chi connectivity index (χ0v) is 44.1. The molecule has 0 N–H and O–H groups in total. The van der Waals surface area contributed by atoms with Crippen LogP contribution in [0.4, 0.5) is 0 Å². The van der Waals surface area contributed by atoms with Crippen LogP contribution in [0.15, 0.2) is 0 Å². The van der Waals surface area contributed by atoms with Gasteiger partial charge in [-0.1, -0.05) is 279 Å². The van der Waals surface area contributed by atoms with Crippen molar-refractivity contribution < 1.29 is 28.6 Å². The number of hydrogen-bond donors (Lipinski definition) is 0. The highest BCUT2D eigenvalue weighted by Gasteiger charge is 2.19. The Balaban J connectivity index is 4.30. The number of unbranched alkanes of at least 4 members (excludes halogenated alkanes) is 33. The Kier molecular flexibility index (Phi) is 48.1. The van der Waals surface area contributed by atoms with E-state index in [4.69, 9.17) is 14.2 Å². The van der Waals surface area contributed by atoms with Crippen LogP contribution in [0.2, 0.25) is 0 Å². The molecule has 0 aliphatic rings. The molecule has 0 amide bonds. The first-order valence-electron chi connectivity index (χ1n) is 28.6. The molecule has 2 atom stereocenters. The molecule has 0 radical (unpaired) electrons. The standard InChI is InChI=1S/C58H112O6/c1-7-54(6)46-40-34-28-24-25-30-36-42-48-57(60)63-51-55(50-62-56(59)47-41-35-29-22-18-15-11-13-17-21-27-33-39-45-53(4)5)64-58(61)49-43-37-31-23-19-14-10-8-9-12-16-20-26-32-38-44-52(2)3/h52-55H,7-51H2,1-6H3/t54?,55-/m1/s1. The van der Waals surface area contributed by atoms with Crippen molar-refractivity contribution in [3.63, 3.8) is 0 Å². The molecule has 0 fully saturated rings. The predicted molar refractivity (Wildman–Crippen MR) is 275 cm³/mol. The quantitative estimate of drug-likeness (QED) is 0.0344. The maximum atomic E-state index is 12.8. The lowest BCUT2D eigenvalue weighted by atomic mass is 9.99. The molecule has 6 nitrogen and oxygen atoms in total. The zero-order chi connectivity index (χ0) is 47.0. The van der Waals surface area contributed by atoms with Crippen LogP contribution in [0.25, 0.3) is 0 Å². The Hall–Kier alpha value is -1.59. The molecule has 0 bridgehead atoms. The second kappa shape index (κ2) is 49.3. The van der Waals surface area contributed by atoms with Gasteiger partial charge in [0.1, 0.15) is 13.2 Å². The van der Waals surface area contributed by atoms with Gasteiger partial charge in [-0.25, -0.2) is 0 Å². The third-order valence-corrected chi connectivity index (χ3v) is 13.5. The van der Waals surface area contributed by atoms with Crippen molar-refractivity contribution in [3.8, 4) is 0 Å². The molecule has 6 heteroatoms. The van der Waals surface area contributed by atoms with E-state index < -0.39 is 6.10 Å². The third kappa shape index (κ3) is 49.8. The second-order valence-electron chi connectivity index (χ2n) is 21.1. The molecule has 64 heavy (non-hydrogen) atoms. The van der Waals surface area contributed by atoms with E-state index in [-0.39, 0.29) is 31.1 Å². The average Bonchev–Trinajstić information content (AvgIpc) is 3.27. The number of hydrogen-bond acceptors (Lipinski definition) is 6. The molecule has 0 spiro atoms. The topological polar surface area (TPSA) is 78.9 Å². The maximum absolute atomic E-state index is 12.8. The summed E-state index contributed by atoms with van der Waals surface area (Å²) in [6, 6.07) is 0. The first-order chi connectivity index (χ1) is 31.1. The Morgan fingerprint density at radius 1 is 0.312 bits per heavy atom. The number of rotatable bonds is 51. The lowest BCUT2D eigenvalue weighted by molar-refractivity contribution is -0.167. The Morgan fingerprint density at radius 2 is 0.547 bits per heavy atom. The van der Waals surface area contributed by atoms with Crippen molar-refractivity contribution >= 4 is 17.9 Å². The summed E-state index contributed by atoms with van der Waals surface area (Å²) in [6.07, 6.45) is 50.9. The summed E-state index contributed by atoms with van der Waals surface area (Å²) in [5, 5.41) is 0. The minimum atomic E-state index is -0.764. The van der Waals surface area contributed by atoms with Crippen molar-refractivity contribution in [2.45, 2.75) is 324 Å². The fourth-order valence-electron chi connectivity index (χ4n) is 8.79. The van der Waals surface area contributed by atoms with E-state index >= 15 is 0 Å². The van der Waals surface area contributed by atoms with Crippen LogP contribution >= 0.6 is 0 Å². The predicted octanol–water partition coefficient (Wildman–Crippen LogP) is 18.7. The van der Waals surface area contributed by atoms with E-state index in [0.717, 1.165) is 75.5 Å². The molecule has 0 aromatic rings. The van der Waals surface area contributed by atoms with Gasteiger partial charge in [-0.3, -0.25) is 14.4 Å². The first-order valence-corrected chi connectivity index (χ1v) is 28.6. The molecule has 0 aromatic heterocycles. The third-order valence-electron chi connectivity index (χ3n) is 13.5. The van der Waals surface area contributed by atoms with Crippen LogP contribution in [-0.2, 0) is 28.6 Å². The monoisotopic (exact) mass is 905 g/mol. The highest BCUT2D eigenvalue weighted by atomic mass is 16.6. The van der Waals surface area contributed by atoms with Gasteiger partial charge < -0.3 is 14.2 Å². The first kappa shape index (κ1) is 62.4. The molecule has 0 saturated carbocycles. The van der Waals surface area contributed by atoms with E-state index in [1.165, 1.54) is 199 Å². The fraction of sp³-hybridized carbons (Fsp3) is 0.948. The summed E-state index contributed by atoms with van der Waals surface area (Å²) in [5.74, 6) is 1.69. The van der Waals surface area contributed by atoms with Crippen LogP contribution < -0.4 is 0 Å². The molecule has 380 valence electrons. The lowest BCUT2D eigenvalue weighted by Gasteiger charge is -2.18. The minimum absolute atomic E-state index is 0.0639. The molecular formula is C58H112O6. The Bertz CT molecular complexity index is 993. The highest BCUT2D eigenvalue weighted by molar-refractivity contribution is 5.71. The van der Waals surface area contributed by atoms with Gasteiger partial charge in [0.25, 0.3) is 0 Å². The summed E-state index contributed by atoms with van der Waals surface area (Å²) in [7, 11) is 0. The van der Waals surface area contributed by atoms with Crippen molar-refractivity contribution in [2.75, 3.05) is 13.2 Å². The zero-order valence-electron chi connectivity index (χ0n) is 44.1.